The normalized spacial score (nSPS) is 18.0. The summed E-state index contributed by atoms with van der Waals surface area (Å²) in [5.74, 6) is -0.304. The van der Waals surface area contributed by atoms with E-state index in [0.717, 1.165) is 18.8 Å². The van der Waals surface area contributed by atoms with Gasteiger partial charge in [0.2, 0.25) is 0 Å². The predicted octanol–water partition coefficient (Wildman–Crippen LogP) is 2.90. The molecule has 2 aromatic heterocycles. The topological polar surface area (TPSA) is 56.1 Å². The number of hydrogen-bond donors (Lipinski definition) is 0. The number of aryl methyl sites for hydroxylation is 1. The molecule has 3 heterocycles. The lowest BCUT2D eigenvalue weighted by molar-refractivity contribution is -0.0351. The van der Waals surface area contributed by atoms with E-state index in [4.69, 9.17) is 4.74 Å². The Labute approximate surface area is 157 Å². The van der Waals surface area contributed by atoms with Gasteiger partial charge < -0.3 is 4.74 Å². The molecule has 1 aromatic carbocycles. The molecule has 6 nitrogen and oxygen atoms in total. The van der Waals surface area contributed by atoms with E-state index in [1.54, 1.807) is 30.6 Å². The molecule has 7 heteroatoms. The van der Waals surface area contributed by atoms with Crippen molar-refractivity contribution in [1.82, 2.24) is 24.6 Å². The summed E-state index contributed by atoms with van der Waals surface area (Å²) in [7, 11) is 1.95. The highest BCUT2D eigenvalue weighted by Crippen LogP contribution is 2.25. The van der Waals surface area contributed by atoms with Gasteiger partial charge in [-0.1, -0.05) is 12.1 Å². The van der Waals surface area contributed by atoms with E-state index in [2.05, 4.69) is 26.9 Å². The van der Waals surface area contributed by atoms with Crippen LogP contribution in [0.25, 0.3) is 11.3 Å². The molecule has 0 amide bonds. The average Bonchev–Trinajstić information content (AvgIpc) is 3.01. The maximum Gasteiger partial charge on any atom is 0.132 e. The summed E-state index contributed by atoms with van der Waals surface area (Å²) in [6.07, 6.45) is 5.02. The Kier molecular flexibility index (Phi) is 4.96. The fourth-order valence-corrected chi connectivity index (χ4v) is 3.30. The van der Waals surface area contributed by atoms with Crippen LogP contribution in [0.2, 0.25) is 0 Å². The van der Waals surface area contributed by atoms with Crippen molar-refractivity contribution in [3.63, 3.8) is 0 Å². The van der Waals surface area contributed by atoms with Crippen molar-refractivity contribution in [3.8, 4) is 11.3 Å². The summed E-state index contributed by atoms with van der Waals surface area (Å²) >= 11 is 0. The minimum Gasteiger partial charge on any atom is -0.369 e. The summed E-state index contributed by atoms with van der Waals surface area (Å²) in [4.78, 5) is 11.2. The molecule has 140 valence electrons. The lowest BCUT2D eigenvalue weighted by atomic mass is 10.1. The van der Waals surface area contributed by atoms with Gasteiger partial charge in [0.25, 0.3) is 0 Å². The average molecular weight is 367 g/mol. The van der Waals surface area contributed by atoms with Crippen molar-refractivity contribution in [2.24, 2.45) is 7.05 Å². The Morgan fingerprint density at radius 1 is 1.22 bits per heavy atom. The van der Waals surface area contributed by atoms with Crippen LogP contribution in [0.15, 0.2) is 42.9 Å². The minimum absolute atomic E-state index is 0.185. The van der Waals surface area contributed by atoms with Crippen LogP contribution in [0.1, 0.15) is 23.1 Å². The van der Waals surface area contributed by atoms with Gasteiger partial charge in [-0.25, -0.2) is 9.37 Å². The lowest BCUT2D eigenvalue weighted by Crippen LogP contribution is -2.38. The zero-order valence-electron chi connectivity index (χ0n) is 15.5. The molecule has 0 unspecified atom stereocenters. The molecule has 0 spiro atoms. The van der Waals surface area contributed by atoms with Gasteiger partial charge in [0, 0.05) is 43.5 Å². The number of benzene rings is 1. The van der Waals surface area contributed by atoms with Gasteiger partial charge in [0.05, 0.1) is 36.6 Å². The van der Waals surface area contributed by atoms with Gasteiger partial charge in [0.1, 0.15) is 11.9 Å². The van der Waals surface area contributed by atoms with E-state index in [1.165, 1.54) is 17.3 Å². The number of rotatable bonds is 4. The van der Waals surface area contributed by atoms with Crippen molar-refractivity contribution in [2.75, 3.05) is 19.7 Å². The van der Waals surface area contributed by atoms with Gasteiger partial charge in [-0.15, -0.1) is 0 Å². The van der Waals surface area contributed by atoms with E-state index < -0.39 is 0 Å². The second-order valence-electron chi connectivity index (χ2n) is 6.78. The molecule has 0 radical (unpaired) electrons. The Hall–Kier alpha value is -2.64. The van der Waals surface area contributed by atoms with Gasteiger partial charge in [-0.3, -0.25) is 14.6 Å². The Morgan fingerprint density at radius 3 is 2.85 bits per heavy atom. The van der Waals surface area contributed by atoms with Gasteiger partial charge in [0.15, 0.2) is 0 Å². The zero-order chi connectivity index (χ0) is 18.8. The zero-order valence-corrected chi connectivity index (χ0v) is 15.5. The van der Waals surface area contributed by atoms with E-state index in [9.17, 15) is 4.39 Å². The fraction of sp³-hybridized carbons (Fsp3) is 0.350. The quantitative estimate of drug-likeness (QED) is 0.710. The van der Waals surface area contributed by atoms with Crippen molar-refractivity contribution < 1.29 is 9.13 Å². The lowest BCUT2D eigenvalue weighted by Gasteiger charge is -2.32. The second-order valence-corrected chi connectivity index (χ2v) is 6.78. The summed E-state index contributed by atoms with van der Waals surface area (Å²) in [6.45, 7) is 5.08. The maximum atomic E-state index is 14.1. The molecular weight excluding hydrogens is 345 g/mol. The van der Waals surface area contributed by atoms with Gasteiger partial charge >= 0.3 is 0 Å². The number of hydrogen-bond acceptors (Lipinski definition) is 5. The molecule has 4 rings (SSSR count). The molecular formula is C20H22FN5O. The van der Waals surface area contributed by atoms with Crippen molar-refractivity contribution >= 4 is 0 Å². The van der Waals surface area contributed by atoms with Crippen LogP contribution in [0.4, 0.5) is 4.39 Å². The Morgan fingerprint density at radius 2 is 2.07 bits per heavy atom. The van der Waals surface area contributed by atoms with Crippen molar-refractivity contribution in [1.29, 1.82) is 0 Å². The third-order valence-electron chi connectivity index (χ3n) is 5.01. The molecule has 1 atom stereocenters. The predicted molar refractivity (Wildman–Crippen MR) is 99.3 cm³/mol. The standard InChI is InChI=1S/C20H22FN5O/c1-14-15(9-23-25(14)2)12-26-7-8-27-20(13-26)19-11-22-10-18(24-19)16-5-3-4-6-17(16)21/h3-6,9-11,20H,7-8,12-13H2,1-2H3/t20-/m1/s1. The van der Waals surface area contributed by atoms with Crippen LogP contribution in [0.5, 0.6) is 0 Å². The van der Waals surface area contributed by atoms with Crippen LogP contribution in [-0.4, -0.2) is 44.3 Å². The molecule has 0 N–H and O–H groups in total. The first-order chi connectivity index (χ1) is 13.1. The number of morpholine rings is 1. The highest BCUT2D eigenvalue weighted by molar-refractivity contribution is 5.58. The van der Waals surface area contributed by atoms with Crippen LogP contribution in [0, 0.1) is 12.7 Å². The molecule has 0 aliphatic carbocycles. The third kappa shape index (κ3) is 3.74. The van der Waals surface area contributed by atoms with E-state index in [1.807, 2.05) is 17.9 Å². The first kappa shape index (κ1) is 17.8. The number of ether oxygens (including phenoxy) is 1. The number of halogens is 1. The van der Waals surface area contributed by atoms with Gasteiger partial charge in [-0.2, -0.15) is 5.10 Å². The van der Waals surface area contributed by atoms with Crippen LogP contribution in [-0.2, 0) is 18.3 Å². The third-order valence-corrected chi connectivity index (χ3v) is 5.01. The van der Waals surface area contributed by atoms with Crippen LogP contribution in [0.3, 0.4) is 0 Å². The molecule has 3 aromatic rings. The molecule has 0 bridgehead atoms. The van der Waals surface area contributed by atoms with Crippen LogP contribution < -0.4 is 0 Å². The van der Waals surface area contributed by atoms with E-state index >= 15 is 0 Å². The minimum atomic E-state index is -0.304. The summed E-state index contributed by atoms with van der Waals surface area (Å²) < 4.78 is 21.9. The fourth-order valence-electron chi connectivity index (χ4n) is 3.30. The molecule has 1 aliphatic rings. The highest BCUT2D eigenvalue weighted by atomic mass is 19.1. The molecule has 0 saturated carbocycles. The first-order valence-corrected chi connectivity index (χ1v) is 9.00. The first-order valence-electron chi connectivity index (χ1n) is 9.00. The summed E-state index contributed by atoms with van der Waals surface area (Å²) in [6, 6.07) is 6.60. The molecule has 27 heavy (non-hydrogen) atoms. The van der Waals surface area contributed by atoms with E-state index in [-0.39, 0.29) is 11.9 Å². The SMILES string of the molecule is Cc1c(CN2CCO[C@@H](c3cncc(-c4ccccc4F)n3)C2)cnn1C. The largest absolute Gasteiger partial charge is 0.369 e. The van der Waals surface area contributed by atoms with Crippen molar-refractivity contribution in [3.05, 3.63) is 65.6 Å². The number of nitrogens with zero attached hydrogens (tertiary/aromatic N) is 5. The highest BCUT2D eigenvalue weighted by Gasteiger charge is 2.24. The summed E-state index contributed by atoms with van der Waals surface area (Å²) in [5.41, 5.74) is 4.08. The maximum absolute atomic E-state index is 14.1. The Bertz CT molecular complexity index is 942. The van der Waals surface area contributed by atoms with Crippen molar-refractivity contribution in [2.45, 2.75) is 19.6 Å². The molecule has 1 fully saturated rings. The molecule has 1 aliphatic heterocycles. The van der Waals surface area contributed by atoms with Crippen LogP contribution >= 0.6 is 0 Å². The Balaban J connectivity index is 1.52. The number of aromatic nitrogens is 4. The van der Waals surface area contributed by atoms with Gasteiger partial charge in [-0.05, 0) is 19.1 Å². The summed E-state index contributed by atoms with van der Waals surface area (Å²) in [5, 5.41) is 4.31. The second kappa shape index (κ2) is 7.54. The molecule has 1 saturated heterocycles. The smallest absolute Gasteiger partial charge is 0.132 e. The monoisotopic (exact) mass is 367 g/mol. The van der Waals surface area contributed by atoms with E-state index in [0.29, 0.717) is 24.4 Å².